The molecule has 3 nitrogen and oxygen atoms in total. The van der Waals surface area contributed by atoms with Crippen molar-refractivity contribution in [2.45, 2.75) is 20.5 Å². The Morgan fingerprint density at radius 3 is 2.72 bits per heavy atom. The lowest BCUT2D eigenvalue weighted by Gasteiger charge is -2.32. The Hall–Kier alpha value is -0.175. The molecule has 1 saturated heterocycles. The number of halogens is 2. The van der Waals surface area contributed by atoms with Crippen molar-refractivity contribution in [3.05, 3.63) is 33.1 Å². The molecule has 1 aliphatic rings. The van der Waals surface area contributed by atoms with Gasteiger partial charge in [0.2, 0.25) is 0 Å². The fourth-order valence-corrected chi connectivity index (χ4v) is 2.08. The molecular weight excluding hydrogens is 349 g/mol. The van der Waals surface area contributed by atoms with Crippen molar-refractivity contribution in [1.82, 2.24) is 0 Å². The Balaban J connectivity index is 1.87. The molecule has 18 heavy (non-hydrogen) atoms. The van der Waals surface area contributed by atoms with Gasteiger partial charge < -0.3 is 14.0 Å². The van der Waals surface area contributed by atoms with Crippen LogP contribution >= 0.6 is 22.6 Å². The summed E-state index contributed by atoms with van der Waals surface area (Å²) in [5, 5.41) is 0. The topological polar surface area (TPSA) is 27.7 Å². The van der Waals surface area contributed by atoms with Crippen LogP contribution in [0.5, 0.6) is 0 Å². The predicted octanol–water partition coefficient (Wildman–Crippen LogP) is 3.00. The first-order valence-electron chi connectivity index (χ1n) is 5.75. The van der Waals surface area contributed by atoms with Crippen LogP contribution in [-0.2, 0) is 20.6 Å². The summed E-state index contributed by atoms with van der Waals surface area (Å²) in [4.78, 5) is 0. The SMILES string of the molecule is CC1(C)COB(OCc2cc(F)ccc2I)OC1. The zero-order valence-corrected chi connectivity index (χ0v) is 12.6. The highest BCUT2D eigenvalue weighted by Crippen LogP contribution is 2.22. The normalized spacial score (nSPS) is 19.0. The molecule has 0 aliphatic carbocycles. The third-order valence-corrected chi connectivity index (χ3v) is 3.66. The van der Waals surface area contributed by atoms with Gasteiger partial charge in [-0.15, -0.1) is 0 Å². The standard InChI is InChI=1S/C12H15BFIO3/c1-12(2)7-17-13(18-8-12)16-6-9-5-10(14)3-4-11(9)15/h3-5H,6-8H2,1-2H3. The minimum absolute atomic E-state index is 0.0210. The largest absolute Gasteiger partial charge is 0.639 e. The lowest BCUT2D eigenvalue weighted by atomic mass is 9.93. The van der Waals surface area contributed by atoms with Gasteiger partial charge in [0.1, 0.15) is 5.82 Å². The monoisotopic (exact) mass is 364 g/mol. The van der Waals surface area contributed by atoms with Gasteiger partial charge in [0, 0.05) is 22.2 Å². The molecule has 1 heterocycles. The predicted molar refractivity (Wildman–Crippen MR) is 75.3 cm³/mol. The molecule has 0 atom stereocenters. The van der Waals surface area contributed by atoms with Crippen LogP contribution in [0.3, 0.4) is 0 Å². The maximum atomic E-state index is 13.1. The third kappa shape index (κ3) is 3.91. The van der Waals surface area contributed by atoms with E-state index >= 15 is 0 Å². The zero-order chi connectivity index (χ0) is 13.2. The minimum atomic E-state index is -0.655. The Morgan fingerprint density at radius 1 is 1.39 bits per heavy atom. The molecule has 1 aromatic rings. The van der Waals surface area contributed by atoms with E-state index in [4.69, 9.17) is 14.0 Å². The molecule has 0 bridgehead atoms. The maximum Gasteiger partial charge on any atom is 0.639 e. The van der Waals surface area contributed by atoms with Crippen molar-refractivity contribution in [3.63, 3.8) is 0 Å². The first kappa shape index (κ1) is 14.2. The molecule has 0 amide bonds. The van der Waals surface area contributed by atoms with Crippen molar-refractivity contribution in [2.75, 3.05) is 13.2 Å². The molecule has 0 saturated carbocycles. The summed E-state index contributed by atoms with van der Waals surface area (Å²) in [6.45, 7) is 5.61. The smallest absolute Gasteiger partial charge is 0.385 e. The van der Waals surface area contributed by atoms with Gasteiger partial charge in [-0.3, -0.25) is 0 Å². The second kappa shape index (κ2) is 5.86. The number of rotatable bonds is 3. The molecule has 1 aromatic carbocycles. The summed E-state index contributed by atoms with van der Waals surface area (Å²) in [5.74, 6) is -0.263. The van der Waals surface area contributed by atoms with Crippen molar-refractivity contribution < 1.29 is 18.4 Å². The van der Waals surface area contributed by atoms with E-state index in [0.29, 0.717) is 13.2 Å². The molecule has 0 radical (unpaired) electrons. The highest BCUT2D eigenvalue weighted by Gasteiger charge is 2.34. The number of benzene rings is 1. The van der Waals surface area contributed by atoms with Gasteiger partial charge in [-0.05, 0) is 46.4 Å². The Bertz CT molecular complexity index is 418. The first-order valence-corrected chi connectivity index (χ1v) is 6.83. The van der Waals surface area contributed by atoms with Crippen molar-refractivity contribution in [1.29, 1.82) is 0 Å². The van der Waals surface area contributed by atoms with Crippen LogP contribution in [0.15, 0.2) is 18.2 Å². The Morgan fingerprint density at radius 2 is 2.06 bits per heavy atom. The van der Waals surface area contributed by atoms with Crippen molar-refractivity contribution >= 4 is 29.9 Å². The number of hydrogen-bond donors (Lipinski definition) is 0. The highest BCUT2D eigenvalue weighted by atomic mass is 127. The molecule has 98 valence electrons. The van der Waals surface area contributed by atoms with Crippen LogP contribution in [0.25, 0.3) is 0 Å². The van der Waals surface area contributed by atoms with Crippen molar-refractivity contribution in [3.8, 4) is 0 Å². The van der Waals surface area contributed by atoms with Gasteiger partial charge in [0.25, 0.3) is 0 Å². The van der Waals surface area contributed by atoms with E-state index in [9.17, 15) is 4.39 Å². The van der Waals surface area contributed by atoms with Crippen LogP contribution in [0, 0.1) is 14.8 Å². The summed E-state index contributed by atoms with van der Waals surface area (Å²) in [5.41, 5.74) is 0.820. The summed E-state index contributed by atoms with van der Waals surface area (Å²) >= 11 is 2.15. The van der Waals surface area contributed by atoms with Gasteiger partial charge in [0.05, 0.1) is 6.61 Å². The van der Waals surface area contributed by atoms with E-state index < -0.39 is 7.32 Å². The first-order chi connectivity index (χ1) is 8.46. The minimum Gasteiger partial charge on any atom is -0.385 e. The van der Waals surface area contributed by atoms with E-state index in [1.165, 1.54) is 12.1 Å². The molecule has 2 rings (SSSR count). The third-order valence-electron chi connectivity index (χ3n) is 2.60. The molecule has 0 N–H and O–H groups in total. The Labute approximate surface area is 120 Å². The van der Waals surface area contributed by atoms with Gasteiger partial charge in [0.15, 0.2) is 0 Å². The molecule has 1 aliphatic heterocycles. The average molecular weight is 364 g/mol. The van der Waals surface area contributed by atoms with E-state index in [2.05, 4.69) is 36.4 Å². The molecule has 1 fully saturated rings. The quantitative estimate of drug-likeness (QED) is 0.610. The molecule has 0 aromatic heterocycles. The van der Waals surface area contributed by atoms with Crippen LogP contribution in [0.2, 0.25) is 0 Å². The van der Waals surface area contributed by atoms with Crippen LogP contribution < -0.4 is 0 Å². The van der Waals surface area contributed by atoms with Crippen LogP contribution in [0.4, 0.5) is 4.39 Å². The zero-order valence-electron chi connectivity index (χ0n) is 10.4. The van der Waals surface area contributed by atoms with E-state index in [0.717, 1.165) is 9.13 Å². The molecule has 0 spiro atoms. The Kier molecular flexibility index (Phi) is 4.63. The fourth-order valence-electron chi connectivity index (χ4n) is 1.59. The summed E-state index contributed by atoms with van der Waals surface area (Å²) in [7, 11) is -0.655. The second-order valence-electron chi connectivity index (χ2n) is 5.12. The van der Waals surface area contributed by atoms with Crippen molar-refractivity contribution in [2.24, 2.45) is 5.41 Å². The fraction of sp³-hybridized carbons (Fsp3) is 0.500. The van der Waals surface area contributed by atoms with Crippen LogP contribution in [-0.4, -0.2) is 20.5 Å². The summed E-state index contributed by atoms with van der Waals surface area (Å²) < 4.78 is 30.4. The molecular formula is C12H15BFIO3. The summed E-state index contributed by atoms with van der Waals surface area (Å²) in [6, 6.07) is 4.62. The lowest BCUT2D eigenvalue weighted by molar-refractivity contribution is -0.0214. The van der Waals surface area contributed by atoms with Gasteiger partial charge in [-0.1, -0.05) is 13.8 Å². The molecule has 0 unspecified atom stereocenters. The van der Waals surface area contributed by atoms with Gasteiger partial charge >= 0.3 is 7.32 Å². The molecule has 6 heteroatoms. The van der Waals surface area contributed by atoms with Crippen LogP contribution in [0.1, 0.15) is 19.4 Å². The highest BCUT2D eigenvalue weighted by molar-refractivity contribution is 14.1. The van der Waals surface area contributed by atoms with E-state index in [1.54, 1.807) is 6.07 Å². The van der Waals surface area contributed by atoms with Gasteiger partial charge in [-0.2, -0.15) is 0 Å². The second-order valence-corrected chi connectivity index (χ2v) is 6.28. The average Bonchev–Trinajstić information content (AvgIpc) is 2.32. The lowest BCUT2D eigenvalue weighted by Crippen LogP contribution is -2.42. The van der Waals surface area contributed by atoms with E-state index in [-0.39, 0.29) is 17.8 Å². The summed E-state index contributed by atoms with van der Waals surface area (Å²) in [6.07, 6.45) is 0. The number of hydrogen-bond acceptors (Lipinski definition) is 3. The van der Waals surface area contributed by atoms with Gasteiger partial charge in [-0.25, -0.2) is 4.39 Å². The maximum absolute atomic E-state index is 13.1. The van der Waals surface area contributed by atoms with E-state index in [1.807, 2.05) is 0 Å².